The smallest absolute Gasteiger partial charge is 0.0771 e. The zero-order valence-electron chi connectivity index (χ0n) is 25.1. The number of rotatable bonds is 3. The van der Waals surface area contributed by atoms with Crippen LogP contribution in [0.2, 0.25) is 0 Å². The van der Waals surface area contributed by atoms with Crippen LogP contribution in [0.3, 0.4) is 0 Å². The van der Waals surface area contributed by atoms with Crippen molar-refractivity contribution in [1.82, 2.24) is 0 Å². The normalized spacial score (nSPS) is 23.9. The van der Waals surface area contributed by atoms with Gasteiger partial charge in [-0.15, -0.1) is 46.2 Å². The summed E-state index contributed by atoms with van der Waals surface area (Å²) in [6, 6.07) is 40.4. The summed E-state index contributed by atoms with van der Waals surface area (Å²) in [6.07, 6.45) is 18.5. The van der Waals surface area contributed by atoms with Crippen molar-refractivity contribution in [3.8, 4) is 0 Å². The SMILES string of the molecule is [C-]1=C(C23CC4CC(CC(C4)C2)C3)C=CC1.[Cl-].[Cl-].[Zr+2]=[C](c1ccccc1)c1ccccc1.c1ccc2c(c1)[cH-]c1ccccc12. The third-order valence-corrected chi connectivity index (χ3v) is 11.4. The quantitative estimate of drug-likeness (QED) is 0.246. The molecule has 0 saturated heterocycles. The molecule has 222 valence electrons. The molecule has 4 bridgehead atoms. The molecule has 44 heavy (non-hydrogen) atoms. The second kappa shape index (κ2) is 14.8. The van der Waals surface area contributed by atoms with Crippen molar-refractivity contribution in [3.63, 3.8) is 0 Å². The minimum atomic E-state index is 0. The summed E-state index contributed by atoms with van der Waals surface area (Å²) in [7, 11) is 0. The van der Waals surface area contributed by atoms with Crippen LogP contribution in [0.5, 0.6) is 0 Å². The average Bonchev–Trinajstić information content (AvgIpc) is 3.71. The molecule has 0 heterocycles. The maximum atomic E-state index is 3.62. The Kier molecular flexibility index (Phi) is 11.1. The molecule has 0 aromatic heterocycles. The molecular formula is C41H38Cl2Zr-2. The van der Waals surface area contributed by atoms with Gasteiger partial charge in [0.05, 0.1) is 0 Å². The largest absolute Gasteiger partial charge is 0.126 e. The average molecular weight is 693 g/mol. The standard InChI is InChI=1S/C15H19.C13H9.C13H10.2ClH.Zr/c1-2-4-14(3-1)15-8-11-5-12(9-15)7-13(6-11)10-15;1-3-7-12-10(5-1)9-11-6-2-4-8-13(11)12;1-3-7-12(8-4-1)11-13-9-5-2-6-10-13;;;/h1,3,11-13H,2,5-10H2;1-9H;1-10H;2*1H;/q2*-1;;;;+2/p-2. The van der Waals surface area contributed by atoms with Gasteiger partial charge in [0.15, 0.2) is 0 Å². The maximum Gasteiger partial charge on any atom is -0.0771 e. The topological polar surface area (TPSA) is 0 Å². The number of fused-ring (bicyclic) bond motifs is 3. The third kappa shape index (κ3) is 7.02. The molecule has 0 spiro atoms. The number of hydrogen-bond donors (Lipinski definition) is 0. The molecule has 0 N–H and O–H groups in total. The first-order valence-electron chi connectivity index (χ1n) is 15.7. The Labute approximate surface area is 290 Å². The van der Waals surface area contributed by atoms with Crippen LogP contribution >= 0.6 is 0 Å². The van der Waals surface area contributed by atoms with Crippen LogP contribution in [0.25, 0.3) is 21.5 Å². The minimum Gasteiger partial charge on any atom is -0.126 e. The summed E-state index contributed by atoms with van der Waals surface area (Å²) in [4.78, 5) is 0. The van der Waals surface area contributed by atoms with Crippen molar-refractivity contribution in [2.75, 3.05) is 0 Å². The molecule has 10 rings (SSSR count). The summed E-state index contributed by atoms with van der Waals surface area (Å²) in [6.45, 7) is 0. The van der Waals surface area contributed by atoms with Crippen molar-refractivity contribution in [3.05, 3.63) is 150 Å². The second-order valence-electron chi connectivity index (χ2n) is 12.8. The van der Waals surface area contributed by atoms with E-state index in [4.69, 9.17) is 0 Å². The first-order valence-corrected chi connectivity index (χ1v) is 16.9. The maximum absolute atomic E-state index is 3.62. The molecule has 3 heteroatoms. The van der Waals surface area contributed by atoms with E-state index in [1.54, 1.807) is 24.8 Å². The van der Waals surface area contributed by atoms with Gasteiger partial charge in [-0.2, -0.15) is 6.08 Å². The zero-order valence-corrected chi connectivity index (χ0v) is 29.0. The summed E-state index contributed by atoms with van der Waals surface area (Å²) in [5.74, 6) is 3.21. The predicted molar refractivity (Wildman–Crippen MR) is 174 cm³/mol. The first-order chi connectivity index (χ1) is 20.7. The van der Waals surface area contributed by atoms with Crippen molar-refractivity contribution in [2.45, 2.75) is 44.9 Å². The van der Waals surface area contributed by atoms with E-state index in [-0.39, 0.29) is 24.8 Å². The van der Waals surface area contributed by atoms with Gasteiger partial charge in [-0.1, -0.05) is 36.4 Å². The van der Waals surface area contributed by atoms with Crippen LogP contribution in [0, 0.1) is 29.2 Å². The summed E-state index contributed by atoms with van der Waals surface area (Å²) in [5, 5.41) is 5.39. The zero-order chi connectivity index (χ0) is 28.4. The molecule has 0 atom stereocenters. The van der Waals surface area contributed by atoms with Gasteiger partial charge in [0.2, 0.25) is 0 Å². The molecule has 0 amide bonds. The molecule has 0 nitrogen and oxygen atoms in total. The van der Waals surface area contributed by atoms with Gasteiger partial charge in [-0.05, 0) is 61.7 Å². The van der Waals surface area contributed by atoms with E-state index < -0.39 is 0 Å². The Morgan fingerprint density at radius 3 is 1.48 bits per heavy atom. The Hall–Kier alpha value is -2.44. The van der Waals surface area contributed by atoms with Crippen LogP contribution in [0.1, 0.15) is 56.1 Å². The summed E-state index contributed by atoms with van der Waals surface area (Å²) in [5.41, 5.74) is 4.86. The summed E-state index contributed by atoms with van der Waals surface area (Å²) >= 11 is 1.46. The van der Waals surface area contributed by atoms with Crippen LogP contribution < -0.4 is 24.8 Å². The first kappa shape index (κ1) is 32.9. The number of allylic oxidation sites excluding steroid dienone is 4. The van der Waals surface area contributed by atoms with Crippen molar-refractivity contribution < 1.29 is 49.0 Å². The number of halogens is 2. The van der Waals surface area contributed by atoms with E-state index in [9.17, 15) is 0 Å². The molecule has 4 saturated carbocycles. The van der Waals surface area contributed by atoms with E-state index in [0.717, 1.165) is 24.2 Å². The van der Waals surface area contributed by atoms with Crippen molar-refractivity contribution in [1.29, 1.82) is 0 Å². The Morgan fingerprint density at radius 1 is 0.614 bits per heavy atom. The van der Waals surface area contributed by atoms with Gasteiger partial charge < -0.3 is 24.8 Å². The summed E-state index contributed by atoms with van der Waals surface area (Å²) < 4.78 is 1.42. The molecule has 5 aliphatic carbocycles. The Morgan fingerprint density at radius 2 is 1.05 bits per heavy atom. The fraction of sp³-hybridized carbons (Fsp3) is 0.268. The van der Waals surface area contributed by atoms with E-state index in [1.165, 1.54) is 79.4 Å². The Balaban J connectivity index is 0.000000128. The third-order valence-electron chi connectivity index (χ3n) is 9.95. The van der Waals surface area contributed by atoms with Gasteiger partial charge in [0.25, 0.3) is 0 Å². The molecule has 4 fully saturated rings. The van der Waals surface area contributed by atoms with E-state index in [0.29, 0.717) is 5.41 Å². The van der Waals surface area contributed by atoms with Crippen molar-refractivity contribution in [2.24, 2.45) is 23.2 Å². The van der Waals surface area contributed by atoms with Gasteiger partial charge in [-0.3, -0.25) is 6.08 Å². The molecule has 0 aliphatic heterocycles. The molecule has 5 aromatic carbocycles. The molecule has 0 unspecified atom stereocenters. The van der Waals surface area contributed by atoms with Crippen LogP contribution in [-0.4, -0.2) is 3.21 Å². The van der Waals surface area contributed by atoms with E-state index in [1.807, 2.05) is 0 Å². The van der Waals surface area contributed by atoms with Crippen molar-refractivity contribution >= 4 is 24.8 Å². The van der Waals surface area contributed by atoms with Crippen LogP contribution in [0.4, 0.5) is 0 Å². The number of hydrogen-bond acceptors (Lipinski definition) is 0. The fourth-order valence-corrected chi connectivity index (χ4v) is 9.31. The Bertz CT molecular complexity index is 1620. The second-order valence-corrected chi connectivity index (χ2v) is 14.0. The monoisotopic (exact) mass is 690 g/mol. The molecule has 5 aliphatic rings. The van der Waals surface area contributed by atoms with Gasteiger partial charge in [0, 0.05) is 0 Å². The van der Waals surface area contributed by atoms with E-state index in [2.05, 4.69) is 133 Å². The molecule has 0 radical (unpaired) electrons. The fourth-order valence-electron chi connectivity index (χ4n) is 8.49. The molecule has 5 aromatic rings. The number of benzene rings is 4. The molecular weight excluding hydrogens is 655 g/mol. The van der Waals surface area contributed by atoms with E-state index >= 15 is 0 Å². The van der Waals surface area contributed by atoms with Gasteiger partial charge in [0.1, 0.15) is 0 Å². The van der Waals surface area contributed by atoms with Gasteiger partial charge >= 0.3 is 99.2 Å². The van der Waals surface area contributed by atoms with Crippen LogP contribution in [-0.2, 0) is 24.2 Å². The van der Waals surface area contributed by atoms with Gasteiger partial charge in [-0.25, -0.2) is 11.6 Å². The predicted octanol–water partition coefficient (Wildman–Crippen LogP) is 4.41. The van der Waals surface area contributed by atoms with Crippen LogP contribution in [0.15, 0.2) is 133 Å². The minimum absolute atomic E-state index is 0.